The van der Waals surface area contributed by atoms with E-state index in [0.717, 1.165) is 37.9 Å². The number of hydrogen-bond donors (Lipinski definition) is 1. The van der Waals surface area contributed by atoms with E-state index < -0.39 is 5.97 Å². The molecule has 0 atom stereocenters. The molecule has 0 amide bonds. The predicted molar refractivity (Wildman–Crippen MR) is 143 cm³/mol. The van der Waals surface area contributed by atoms with Gasteiger partial charge in [0.05, 0.1) is 5.56 Å². The summed E-state index contributed by atoms with van der Waals surface area (Å²) in [6.45, 7) is 3.06. The number of hydrogen-bond acceptors (Lipinski definition) is 5. The minimum atomic E-state index is -1.03. The SMILES string of the molecule is CC(C)=O.O=C(O)c1ccccc1-c1c2ccc3cc([O-])ccc3c2oc2c1ccc1cc(=O)ccc12. The maximum Gasteiger partial charge on any atom is 0.336 e. The average Bonchev–Trinajstić information content (AvgIpc) is 2.86. The number of aromatic carboxylic acids is 1. The lowest BCUT2D eigenvalue weighted by molar-refractivity contribution is -0.268. The van der Waals surface area contributed by atoms with Gasteiger partial charge in [-0.25, -0.2) is 4.79 Å². The van der Waals surface area contributed by atoms with E-state index in [9.17, 15) is 24.6 Å². The highest BCUT2D eigenvalue weighted by molar-refractivity contribution is 6.20. The molecule has 0 saturated carbocycles. The largest absolute Gasteiger partial charge is 0.872 e. The zero-order valence-electron chi connectivity index (χ0n) is 20.1. The summed E-state index contributed by atoms with van der Waals surface area (Å²) in [6.07, 6.45) is 0. The standard InChI is InChI=1S/C28H16O5.C3H6O/c29-17-7-11-19-15(13-17)5-9-23-25(21-3-1-2-4-22(21)28(31)32)24-10-6-16-14-18(30)8-12-20(16)27(24)33-26(19)23;1-3(2)4/h1-14,29H,(H,31,32);1-2H3/p-1. The van der Waals surface area contributed by atoms with Gasteiger partial charge in [-0.1, -0.05) is 48.5 Å². The first-order valence-corrected chi connectivity index (χ1v) is 11.6. The van der Waals surface area contributed by atoms with E-state index in [2.05, 4.69) is 0 Å². The number of carbonyl (C=O) groups excluding carboxylic acids is 1. The van der Waals surface area contributed by atoms with E-state index in [-0.39, 0.29) is 22.5 Å². The molecule has 0 saturated heterocycles. The Morgan fingerprint density at radius 3 is 1.89 bits per heavy atom. The number of rotatable bonds is 2. The van der Waals surface area contributed by atoms with Gasteiger partial charge in [-0.2, -0.15) is 0 Å². The highest BCUT2D eigenvalue weighted by Crippen LogP contribution is 2.42. The third-order valence-electron chi connectivity index (χ3n) is 6.05. The number of carboxylic acid groups (broad SMARTS) is 1. The monoisotopic (exact) mass is 489 g/mol. The zero-order valence-corrected chi connectivity index (χ0v) is 20.1. The molecular formula is C31H21O6-. The lowest BCUT2D eigenvalue weighted by atomic mass is 9.91. The van der Waals surface area contributed by atoms with Gasteiger partial charge in [0.2, 0.25) is 0 Å². The Kier molecular flexibility index (Phi) is 5.93. The zero-order chi connectivity index (χ0) is 26.3. The van der Waals surface area contributed by atoms with Crippen LogP contribution >= 0.6 is 0 Å². The van der Waals surface area contributed by atoms with E-state index in [1.807, 2.05) is 24.3 Å². The fourth-order valence-corrected chi connectivity index (χ4v) is 4.60. The van der Waals surface area contributed by atoms with Crippen LogP contribution in [0.3, 0.4) is 0 Å². The summed E-state index contributed by atoms with van der Waals surface area (Å²) < 4.78 is 6.46. The number of carboxylic acids is 1. The molecule has 0 radical (unpaired) electrons. The van der Waals surface area contributed by atoms with Gasteiger partial charge in [0.25, 0.3) is 0 Å². The molecule has 0 aliphatic heterocycles. The van der Waals surface area contributed by atoms with Gasteiger partial charge in [0.15, 0.2) is 5.43 Å². The summed E-state index contributed by atoms with van der Waals surface area (Å²) in [5.41, 5.74) is 2.47. The Hall–Kier alpha value is -4.97. The summed E-state index contributed by atoms with van der Waals surface area (Å²) in [5.74, 6) is -0.964. The minimum absolute atomic E-state index is 0.104. The third kappa shape index (κ3) is 4.29. The van der Waals surface area contributed by atoms with Gasteiger partial charge in [0.1, 0.15) is 16.9 Å². The Morgan fingerprint density at radius 2 is 1.27 bits per heavy atom. The summed E-state index contributed by atoms with van der Waals surface area (Å²) in [4.78, 5) is 33.4. The number of ketones is 1. The van der Waals surface area contributed by atoms with Crippen molar-refractivity contribution in [3.05, 3.63) is 101 Å². The van der Waals surface area contributed by atoms with Crippen LogP contribution in [0.4, 0.5) is 0 Å². The lowest BCUT2D eigenvalue weighted by Gasteiger charge is -2.16. The van der Waals surface area contributed by atoms with Crippen molar-refractivity contribution in [2.24, 2.45) is 0 Å². The van der Waals surface area contributed by atoms with Gasteiger partial charge in [-0.3, -0.25) is 4.79 Å². The highest BCUT2D eigenvalue weighted by Gasteiger charge is 2.20. The second kappa shape index (κ2) is 9.24. The van der Waals surface area contributed by atoms with Crippen molar-refractivity contribution in [2.75, 3.05) is 0 Å². The molecule has 6 heteroatoms. The summed E-state index contributed by atoms with van der Waals surface area (Å²) in [6, 6.07) is 23.8. The Bertz CT molecular complexity index is 1930. The van der Waals surface area contributed by atoms with Crippen LogP contribution in [0.2, 0.25) is 0 Å². The first-order chi connectivity index (χ1) is 17.7. The van der Waals surface area contributed by atoms with Crippen molar-refractivity contribution in [1.29, 1.82) is 0 Å². The van der Waals surface area contributed by atoms with E-state index in [1.165, 1.54) is 26.0 Å². The maximum atomic E-state index is 12.1. The molecule has 0 unspecified atom stereocenters. The van der Waals surface area contributed by atoms with Gasteiger partial charge in [-0.15, -0.1) is 5.75 Å². The van der Waals surface area contributed by atoms with E-state index in [1.54, 1.807) is 48.5 Å². The number of carbonyl (C=O) groups is 2. The van der Waals surface area contributed by atoms with Crippen LogP contribution in [0.5, 0.6) is 5.75 Å². The normalized spacial score (nSPS) is 11.0. The van der Waals surface area contributed by atoms with Crippen LogP contribution in [-0.2, 0) is 4.79 Å². The molecule has 0 aliphatic carbocycles. The molecule has 0 aliphatic rings. The fourth-order valence-electron chi connectivity index (χ4n) is 4.60. The van der Waals surface area contributed by atoms with Crippen molar-refractivity contribution in [2.45, 2.75) is 13.8 Å². The molecule has 6 rings (SSSR count). The van der Waals surface area contributed by atoms with Gasteiger partial charge >= 0.3 is 5.97 Å². The molecule has 37 heavy (non-hydrogen) atoms. The molecule has 6 aromatic rings. The first-order valence-electron chi connectivity index (χ1n) is 11.6. The molecule has 1 N–H and O–H groups in total. The predicted octanol–water partition coefficient (Wildman–Crippen LogP) is 6.29. The molecule has 182 valence electrons. The van der Waals surface area contributed by atoms with Gasteiger partial charge in [-0.05, 0) is 66.6 Å². The summed E-state index contributed by atoms with van der Waals surface area (Å²) in [7, 11) is 0. The van der Waals surface area contributed by atoms with Gasteiger partial charge < -0.3 is 19.4 Å². The van der Waals surface area contributed by atoms with Crippen LogP contribution in [0.1, 0.15) is 24.2 Å². The minimum Gasteiger partial charge on any atom is -0.872 e. The third-order valence-corrected chi connectivity index (χ3v) is 6.05. The van der Waals surface area contributed by atoms with Crippen molar-refractivity contribution in [1.82, 2.24) is 0 Å². The molecule has 6 nitrogen and oxygen atoms in total. The van der Waals surface area contributed by atoms with Gasteiger partial charge in [0, 0.05) is 27.1 Å². The number of Topliss-reactive ketones (excluding diaryl/α,β-unsaturated/α-hetero) is 1. The average molecular weight is 490 g/mol. The molecular weight excluding hydrogens is 468 g/mol. The molecule has 0 bridgehead atoms. The Balaban J connectivity index is 0.000000655. The Labute approximate surface area is 211 Å². The van der Waals surface area contributed by atoms with E-state index >= 15 is 0 Å². The lowest BCUT2D eigenvalue weighted by Crippen LogP contribution is -2.00. The van der Waals surface area contributed by atoms with Crippen LogP contribution in [0.25, 0.3) is 54.6 Å². The van der Waals surface area contributed by atoms with Crippen molar-refractivity contribution in [3.63, 3.8) is 0 Å². The smallest absolute Gasteiger partial charge is 0.336 e. The quantitative estimate of drug-likeness (QED) is 0.226. The second-order valence-corrected chi connectivity index (χ2v) is 8.89. The molecule has 0 fully saturated rings. The molecule has 5 aromatic carbocycles. The molecule has 1 aromatic heterocycles. The summed E-state index contributed by atoms with van der Waals surface area (Å²) >= 11 is 0. The van der Waals surface area contributed by atoms with Crippen molar-refractivity contribution < 1.29 is 24.2 Å². The first kappa shape index (κ1) is 23.8. The maximum absolute atomic E-state index is 12.1. The van der Waals surface area contributed by atoms with Crippen molar-refractivity contribution in [3.8, 4) is 16.9 Å². The molecule has 1 heterocycles. The van der Waals surface area contributed by atoms with E-state index in [0.29, 0.717) is 16.7 Å². The molecule has 0 spiro atoms. The van der Waals surface area contributed by atoms with Crippen molar-refractivity contribution >= 4 is 55.2 Å². The van der Waals surface area contributed by atoms with Crippen LogP contribution in [0, 0.1) is 0 Å². The van der Waals surface area contributed by atoms with Crippen LogP contribution < -0.4 is 10.5 Å². The highest BCUT2D eigenvalue weighted by atomic mass is 16.4. The topological polar surface area (TPSA) is 108 Å². The van der Waals surface area contributed by atoms with E-state index in [4.69, 9.17) is 4.42 Å². The summed E-state index contributed by atoms with van der Waals surface area (Å²) in [5, 5.41) is 26.2. The fraction of sp³-hybridized carbons (Fsp3) is 0.0645. The van der Waals surface area contributed by atoms with Crippen LogP contribution in [-0.4, -0.2) is 16.9 Å². The number of benzene rings is 5. The number of fused-ring (bicyclic) bond motifs is 6. The Morgan fingerprint density at radius 1 is 0.730 bits per heavy atom. The van der Waals surface area contributed by atoms with Crippen LogP contribution in [0.15, 0.2) is 94.1 Å². The second-order valence-electron chi connectivity index (χ2n) is 8.89.